The van der Waals surface area contributed by atoms with Crippen molar-refractivity contribution >= 4 is 39.1 Å². The molecule has 0 atom stereocenters. The molecule has 0 saturated carbocycles. The quantitative estimate of drug-likeness (QED) is 0.773. The van der Waals surface area contributed by atoms with Gasteiger partial charge in [0.15, 0.2) is 0 Å². The lowest BCUT2D eigenvalue weighted by Crippen LogP contribution is -2.31. The van der Waals surface area contributed by atoms with E-state index in [1.165, 1.54) is 0 Å². The smallest absolute Gasteiger partial charge is 0.242 e. The van der Waals surface area contributed by atoms with E-state index in [4.69, 9.17) is 23.2 Å². The van der Waals surface area contributed by atoms with Gasteiger partial charge < -0.3 is 4.90 Å². The lowest BCUT2D eigenvalue weighted by molar-refractivity contribution is -0.127. The number of carbonyl (C=O) groups excluding carboxylic acids is 1. The third kappa shape index (κ3) is 4.18. The summed E-state index contributed by atoms with van der Waals surface area (Å²) in [6, 6.07) is 1.65. The predicted molar refractivity (Wildman–Crippen MR) is 91.6 cm³/mol. The molecule has 0 aliphatic carbocycles. The number of amides is 1. The fraction of sp³-hybridized carbons (Fsp3) is 0.533. The molecule has 1 aromatic rings. The van der Waals surface area contributed by atoms with Crippen LogP contribution >= 0.6 is 23.2 Å². The van der Waals surface area contributed by atoms with E-state index in [9.17, 15) is 13.2 Å². The zero-order chi connectivity index (χ0) is 17.2. The standard InChI is InChI=1S/C15H20Cl2N2O3S/c1-10-9-12(16)11(2)15(14(10)17)23(21,22)18-6-4-8-19-7-3-5-13(19)20/h9,18H,3-8H2,1-2H3. The number of carbonyl (C=O) groups is 1. The second-order valence-electron chi connectivity index (χ2n) is 5.68. The summed E-state index contributed by atoms with van der Waals surface area (Å²) in [4.78, 5) is 13.3. The van der Waals surface area contributed by atoms with Gasteiger partial charge in [-0.1, -0.05) is 23.2 Å². The molecule has 1 saturated heterocycles. The van der Waals surface area contributed by atoms with Crippen LogP contribution in [0.4, 0.5) is 0 Å². The summed E-state index contributed by atoms with van der Waals surface area (Å²) in [5.41, 5.74) is 1.05. The van der Waals surface area contributed by atoms with Crippen molar-refractivity contribution in [3.05, 3.63) is 27.2 Å². The van der Waals surface area contributed by atoms with Crippen LogP contribution in [0.2, 0.25) is 10.0 Å². The molecule has 0 bridgehead atoms. The maximum atomic E-state index is 12.5. The van der Waals surface area contributed by atoms with Gasteiger partial charge in [0, 0.05) is 31.1 Å². The largest absolute Gasteiger partial charge is 0.343 e. The lowest BCUT2D eigenvalue weighted by atomic mass is 10.2. The van der Waals surface area contributed by atoms with Crippen LogP contribution in [0, 0.1) is 13.8 Å². The molecule has 1 fully saturated rings. The van der Waals surface area contributed by atoms with Crippen molar-refractivity contribution < 1.29 is 13.2 Å². The van der Waals surface area contributed by atoms with Crippen LogP contribution in [0.3, 0.4) is 0 Å². The summed E-state index contributed by atoms with van der Waals surface area (Å²) in [7, 11) is -3.75. The Morgan fingerprint density at radius 3 is 2.61 bits per heavy atom. The van der Waals surface area contributed by atoms with Gasteiger partial charge in [-0.3, -0.25) is 4.79 Å². The second kappa shape index (κ2) is 7.38. The highest BCUT2D eigenvalue weighted by atomic mass is 35.5. The normalized spacial score (nSPS) is 15.5. The summed E-state index contributed by atoms with van der Waals surface area (Å²) in [6.07, 6.45) is 2.02. The third-order valence-corrected chi connectivity index (χ3v) is 6.55. The minimum absolute atomic E-state index is 0.0291. The van der Waals surface area contributed by atoms with Crippen molar-refractivity contribution in [2.45, 2.75) is 38.0 Å². The van der Waals surface area contributed by atoms with Crippen LogP contribution in [0.25, 0.3) is 0 Å². The van der Waals surface area contributed by atoms with E-state index in [1.54, 1.807) is 24.8 Å². The van der Waals surface area contributed by atoms with Gasteiger partial charge in [0.05, 0.1) is 5.02 Å². The number of rotatable bonds is 6. The average Bonchev–Trinajstić information content (AvgIpc) is 2.87. The van der Waals surface area contributed by atoms with E-state index < -0.39 is 10.0 Å². The van der Waals surface area contributed by atoms with Crippen molar-refractivity contribution in [3.63, 3.8) is 0 Å². The van der Waals surface area contributed by atoms with Gasteiger partial charge in [0.25, 0.3) is 0 Å². The molecule has 128 valence electrons. The van der Waals surface area contributed by atoms with E-state index >= 15 is 0 Å². The van der Waals surface area contributed by atoms with Gasteiger partial charge in [-0.2, -0.15) is 0 Å². The molecular weight excluding hydrogens is 359 g/mol. The Morgan fingerprint density at radius 2 is 2.00 bits per heavy atom. The molecular formula is C15H20Cl2N2O3S. The number of nitrogens with one attached hydrogen (secondary N) is 1. The first-order valence-electron chi connectivity index (χ1n) is 7.46. The van der Waals surface area contributed by atoms with E-state index in [0.717, 1.165) is 13.0 Å². The molecule has 0 radical (unpaired) electrons. The molecule has 0 spiro atoms. The number of nitrogens with zero attached hydrogens (tertiary/aromatic N) is 1. The zero-order valence-corrected chi connectivity index (χ0v) is 15.5. The van der Waals surface area contributed by atoms with Gasteiger partial charge in [0.2, 0.25) is 15.9 Å². The Hall–Kier alpha value is -0.820. The van der Waals surface area contributed by atoms with Crippen molar-refractivity contribution in [1.82, 2.24) is 9.62 Å². The Bertz CT molecular complexity index is 694. The Labute approximate surface area is 147 Å². The second-order valence-corrected chi connectivity index (χ2v) is 8.17. The third-order valence-electron chi connectivity index (χ3n) is 3.92. The summed E-state index contributed by atoms with van der Waals surface area (Å²) in [6.45, 7) is 4.90. The first-order chi connectivity index (χ1) is 10.7. The summed E-state index contributed by atoms with van der Waals surface area (Å²) >= 11 is 12.2. The number of benzene rings is 1. The van der Waals surface area contributed by atoms with Crippen molar-refractivity contribution in [2.75, 3.05) is 19.6 Å². The SMILES string of the molecule is Cc1cc(Cl)c(C)c(S(=O)(=O)NCCCN2CCCC2=O)c1Cl. The van der Waals surface area contributed by atoms with E-state index in [0.29, 0.717) is 35.5 Å². The Balaban J connectivity index is 2.04. The number of halogens is 2. The van der Waals surface area contributed by atoms with Gasteiger partial charge in [0.1, 0.15) is 4.90 Å². The zero-order valence-electron chi connectivity index (χ0n) is 13.2. The summed E-state index contributed by atoms with van der Waals surface area (Å²) < 4.78 is 27.5. The van der Waals surface area contributed by atoms with Gasteiger partial charge >= 0.3 is 0 Å². The number of sulfonamides is 1. The van der Waals surface area contributed by atoms with Crippen molar-refractivity contribution in [1.29, 1.82) is 0 Å². The minimum atomic E-state index is -3.75. The van der Waals surface area contributed by atoms with Gasteiger partial charge in [-0.05, 0) is 43.9 Å². The summed E-state index contributed by atoms with van der Waals surface area (Å²) in [5.74, 6) is 0.136. The monoisotopic (exact) mass is 378 g/mol. The maximum Gasteiger partial charge on any atom is 0.242 e. The summed E-state index contributed by atoms with van der Waals surface area (Å²) in [5, 5.41) is 0.559. The van der Waals surface area contributed by atoms with Crippen molar-refractivity contribution in [3.8, 4) is 0 Å². The molecule has 2 rings (SSSR count). The van der Waals surface area contributed by atoms with Crippen LogP contribution in [0.5, 0.6) is 0 Å². The Kier molecular flexibility index (Phi) is 5.94. The molecule has 1 N–H and O–H groups in total. The van der Waals surface area contributed by atoms with Gasteiger partial charge in [-0.25, -0.2) is 13.1 Å². The molecule has 1 aromatic carbocycles. The molecule has 8 heteroatoms. The molecule has 5 nitrogen and oxygen atoms in total. The van der Waals surface area contributed by atoms with Crippen LogP contribution < -0.4 is 4.72 Å². The van der Waals surface area contributed by atoms with Gasteiger partial charge in [-0.15, -0.1) is 0 Å². The predicted octanol–water partition coefficient (Wildman–Crippen LogP) is 2.90. The van der Waals surface area contributed by atoms with E-state index in [1.807, 2.05) is 0 Å². The average molecular weight is 379 g/mol. The first kappa shape index (κ1) is 18.5. The fourth-order valence-corrected chi connectivity index (χ4v) is 4.91. The fourth-order valence-electron chi connectivity index (χ4n) is 2.62. The van der Waals surface area contributed by atoms with E-state index in [-0.39, 0.29) is 22.4 Å². The molecule has 1 aliphatic heterocycles. The van der Waals surface area contributed by atoms with Crippen LogP contribution in [0.1, 0.15) is 30.4 Å². The number of likely N-dealkylation sites (tertiary alicyclic amines) is 1. The van der Waals surface area contributed by atoms with Crippen molar-refractivity contribution in [2.24, 2.45) is 0 Å². The number of aryl methyl sites for hydroxylation is 1. The number of hydrogen-bond acceptors (Lipinski definition) is 3. The maximum absolute atomic E-state index is 12.5. The minimum Gasteiger partial charge on any atom is -0.343 e. The van der Waals surface area contributed by atoms with Crippen LogP contribution in [-0.2, 0) is 14.8 Å². The molecule has 1 heterocycles. The topological polar surface area (TPSA) is 66.5 Å². The van der Waals surface area contributed by atoms with Crippen LogP contribution in [0.15, 0.2) is 11.0 Å². The lowest BCUT2D eigenvalue weighted by Gasteiger charge is -2.16. The Morgan fingerprint density at radius 1 is 1.30 bits per heavy atom. The highest BCUT2D eigenvalue weighted by Crippen LogP contribution is 2.33. The molecule has 23 heavy (non-hydrogen) atoms. The highest BCUT2D eigenvalue weighted by molar-refractivity contribution is 7.89. The first-order valence-corrected chi connectivity index (χ1v) is 9.70. The number of hydrogen-bond donors (Lipinski definition) is 1. The van der Waals surface area contributed by atoms with E-state index in [2.05, 4.69) is 4.72 Å². The molecule has 1 aliphatic rings. The molecule has 1 amide bonds. The molecule has 0 unspecified atom stereocenters. The highest BCUT2D eigenvalue weighted by Gasteiger charge is 2.24. The van der Waals surface area contributed by atoms with Crippen LogP contribution in [-0.4, -0.2) is 38.9 Å². The molecule has 0 aromatic heterocycles.